The van der Waals surface area contributed by atoms with Crippen molar-refractivity contribution in [1.29, 1.82) is 0 Å². The third-order valence-electron chi connectivity index (χ3n) is 1.94. The van der Waals surface area contributed by atoms with Crippen molar-refractivity contribution in [2.45, 2.75) is 13.5 Å². The van der Waals surface area contributed by atoms with Gasteiger partial charge in [-0.05, 0) is 28.9 Å². The van der Waals surface area contributed by atoms with Gasteiger partial charge < -0.3 is 5.32 Å². The highest BCUT2D eigenvalue weighted by Gasteiger charge is 2.01. The Morgan fingerprint density at radius 3 is 3.00 bits per heavy atom. The van der Waals surface area contributed by atoms with Crippen LogP contribution >= 0.6 is 15.9 Å². The van der Waals surface area contributed by atoms with E-state index in [0.29, 0.717) is 6.54 Å². The molecule has 16 heavy (non-hydrogen) atoms. The first-order valence-electron chi connectivity index (χ1n) is 4.73. The van der Waals surface area contributed by atoms with Gasteiger partial charge in [-0.3, -0.25) is 0 Å². The molecule has 6 heteroatoms. The third-order valence-corrected chi connectivity index (χ3v) is 2.52. The van der Waals surface area contributed by atoms with E-state index in [1.807, 2.05) is 13.0 Å². The summed E-state index contributed by atoms with van der Waals surface area (Å²) in [6.45, 7) is 2.48. The summed E-state index contributed by atoms with van der Waals surface area (Å²) < 4.78 is 0.834. The van der Waals surface area contributed by atoms with Crippen LogP contribution in [-0.4, -0.2) is 19.9 Å². The Balaban J connectivity index is 2.05. The molecule has 2 aromatic heterocycles. The molecule has 2 rings (SSSR count). The minimum absolute atomic E-state index is 0.610. The molecular weight excluding hydrogens is 270 g/mol. The standard InChI is InChI=1S/C10H10BrN5/c1-7-13-3-2-8(16-7)4-14-10-9(11)5-12-6-15-10/h2-3,5-6H,4H2,1H3,(H,12,14,15). The fraction of sp³-hybridized carbons (Fsp3) is 0.200. The zero-order valence-corrected chi connectivity index (χ0v) is 10.3. The Morgan fingerprint density at radius 1 is 1.38 bits per heavy atom. The predicted octanol–water partition coefficient (Wildman–Crippen LogP) is 1.95. The first-order chi connectivity index (χ1) is 7.75. The highest BCUT2D eigenvalue weighted by Crippen LogP contribution is 2.17. The summed E-state index contributed by atoms with van der Waals surface area (Å²) in [6, 6.07) is 1.87. The van der Waals surface area contributed by atoms with Gasteiger partial charge in [-0.15, -0.1) is 0 Å². The number of hydrogen-bond acceptors (Lipinski definition) is 5. The van der Waals surface area contributed by atoms with E-state index in [1.54, 1.807) is 12.4 Å². The second kappa shape index (κ2) is 4.98. The van der Waals surface area contributed by atoms with Gasteiger partial charge in [0.15, 0.2) is 0 Å². The first-order valence-corrected chi connectivity index (χ1v) is 5.53. The number of nitrogens with zero attached hydrogens (tertiary/aromatic N) is 4. The van der Waals surface area contributed by atoms with Crippen LogP contribution in [0.15, 0.2) is 29.3 Å². The molecule has 0 bridgehead atoms. The van der Waals surface area contributed by atoms with Gasteiger partial charge in [0.1, 0.15) is 18.0 Å². The third kappa shape index (κ3) is 2.73. The molecule has 0 saturated heterocycles. The van der Waals surface area contributed by atoms with Crippen LogP contribution in [0.4, 0.5) is 5.82 Å². The van der Waals surface area contributed by atoms with E-state index in [0.717, 1.165) is 21.8 Å². The lowest BCUT2D eigenvalue weighted by Crippen LogP contribution is -2.05. The van der Waals surface area contributed by atoms with Crippen LogP contribution in [0.1, 0.15) is 11.5 Å². The second-order valence-electron chi connectivity index (χ2n) is 3.17. The minimum Gasteiger partial charge on any atom is -0.363 e. The molecule has 82 valence electrons. The molecule has 2 heterocycles. The summed E-state index contributed by atoms with van der Waals surface area (Å²) in [6.07, 6.45) is 4.94. The molecule has 0 aliphatic carbocycles. The molecule has 0 radical (unpaired) electrons. The molecule has 0 atom stereocenters. The van der Waals surface area contributed by atoms with Crippen LogP contribution in [0.3, 0.4) is 0 Å². The molecule has 0 aromatic carbocycles. The van der Waals surface area contributed by atoms with Crippen molar-refractivity contribution in [3.63, 3.8) is 0 Å². The summed E-state index contributed by atoms with van der Waals surface area (Å²) in [5, 5.41) is 3.17. The number of anilines is 1. The van der Waals surface area contributed by atoms with Gasteiger partial charge in [0, 0.05) is 12.4 Å². The molecule has 0 fully saturated rings. The fourth-order valence-corrected chi connectivity index (χ4v) is 1.58. The van der Waals surface area contributed by atoms with E-state index < -0.39 is 0 Å². The summed E-state index contributed by atoms with van der Waals surface area (Å²) in [5.74, 6) is 1.52. The van der Waals surface area contributed by atoms with E-state index >= 15 is 0 Å². The van der Waals surface area contributed by atoms with Gasteiger partial charge in [-0.1, -0.05) is 0 Å². The fourth-order valence-electron chi connectivity index (χ4n) is 1.22. The van der Waals surface area contributed by atoms with Crippen molar-refractivity contribution in [3.8, 4) is 0 Å². The lowest BCUT2D eigenvalue weighted by atomic mass is 10.4. The molecule has 1 N–H and O–H groups in total. The van der Waals surface area contributed by atoms with E-state index in [2.05, 4.69) is 41.2 Å². The maximum absolute atomic E-state index is 4.29. The number of rotatable bonds is 3. The van der Waals surface area contributed by atoms with Crippen LogP contribution in [0, 0.1) is 6.92 Å². The molecule has 0 unspecified atom stereocenters. The Labute approximate surface area is 102 Å². The van der Waals surface area contributed by atoms with Crippen molar-refractivity contribution in [1.82, 2.24) is 19.9 Å². The number of aromatic nitrogens is 4. The van der Waals surface area contributed by atoms with Gasteiger partial charge in [-0.25, -0.2) is 19.9 Å². The quantitative estimate of drug-likeness (QED) is 0.931. The number of aryl methyl sites for hydroxylation is 1. The van der Waals surface area contributed by atoms with Gasteiger partial charge in [0.05, 0.1) is 16.7 Å². The SMILES string of the molecule is Cc1nccc(CNc2ncncc2Br)n1. The Morgan fingerprint density at radius 2 is 2.25 bits per heavy atom. The average molecular weight is 280 g/mol. The molecule has 0 amide bonds. The van der Waals surface area contributed by atoms with Crippen molar-refractivity contribution >= 4 is 21.7 Å². The molecule has 5 nitrogen and oxygen atoms in total. The average Bonchev–Trinajstić information content (AvgIpc) is 2.28. The van der Waals surface area contributed by atoms with E-state index in [-0.39, 0.29) is 0 Å². The van der Waals surface area contributed by atoms with E-state index in [9.17, 15) is 0 Å². The molecule has 0 saturated carbocycles. The highest BCUT2D eigenvalue weighted by atomic mass is 79.9. The summed E-state index contributed by atoms with van der Waals surface area (Å²) >= 11 is 3.36. The topological polar surface area (TPSA) is 63.6 Å². The first kappa shape index (κ1) is 10.9. The van der Waals surface area contributed by atoms with Crippen molar-refractivity contribution in [2.24, 2.45) is 0 Å². The van der Waals surface area contributed by atoms with Crippen LogP contribution < -0.4 is 5.32 Å². The van der Waals surface area contributed by atoms with Gasteiger partial charge >= 0.3 is 0 Å². The zero-order valence-electron chi connectivity index (χ0n) is 8.68. The number of nitrogens with one attached hydrogen (secondary N) is 1. The largest absolute Gasteiger partial charge is 0.363 e. The highest BCUT2D eigenvalue weighted by molar-refractivity contribution is 9.10. The Bertz CT molecular complexity index is 488. The molecule has 2 aromatic rings. The summed E-state index contributed by atoms with van der Waals surface area (Å²) in [5.41, 5.74) is 0.929. The van der Waals surface area contributed by atoms with Gasteiger partial charge in [0.25, 0.3) is 0 Å². The molecular formula is C10H10BrN5. The van der Waals surface area contributed by atoms with Crippen LogP contribution in [0.25, 0.3) is 0 Å². The Kier molecular flexibility index (Phi) is 3.40. The second-order valence-corrected chi connectivity index (χ2v) is 4.02. The predicted molar refractivity (Wildman–Crippen MR) is 63.8 cm³/mol. The normalized spacial score (nSPS) is 10.1. The summed E-state index contributed by atoms with van der Waals surface area (Å²) in [4.78, 5) is 16.3. The van der Waals surface area contributed by atoms with Crippen LogP contribution in [-0.2, 0) is 6.54 Å². The molecule has 0 aliphatic heterocycles. The smallest absolute Gasteiger partial charge is 0.144 e. The van der Waals surface area contributed by atoms with Crippen molar-refractivity contribution in [2.75, 3.05) is 5.32 Å². The molecule has 0 spiro atoms. The number of hydrogen-bond donors (Lipinski definition) is 1. The monoisotopic (exact) mass is 279 g/mol. The van der Waals surface area contributed by atoms with Crippen LogP contribution in [0.2, 0.25) is 0 Å². The zero-order chi connectivity index (χ0) is 11.4. The van der Waals surface area contributed by atoms with Gasteiger partial charge in [0.2, 0.25) is 0 Å². The van der Waals surface area contributed by atoms with Crippen molar-refractivity contribution in [3.05, 3.63) is 40.8 Å². The van der Waals surface area contributed by atoms with E-state index in [4.69, 9.17) is 0 Å². The summed E-state index contributed by atoms with van der Waals surface area (Å²) in [7, 11) is 0. The van der Waals surface area contributed by atoms with Crippen molar-refractivity contribution < 1.29 is 0 Å². The maximum Gasteiger partial charge on any atom is 0.144 e. The van der Waals surface area contributed by atoms with Crippen LogP contribution in [0.5, 0.6) is 0 Å². The lowest BCUT2D eigenvalue weighted by Gasteiger charge is -2.06. The van der Waals surface area contributed by atoms with E-state index in [1.165, 1.54) is 6.33 Å². The van der Waals surface area contributed by atoms with Gasteiger partial charge in [-0.2, -0.15) is 0 Å². The molecule has 0 aliphatic rings. The lowest BCUT2D eigenvalue weighted by molar-refractivity contribution is 0.946. The maximum atomic E-state index is 4.29. The number of halogens is 1. The minimum atomic E-state index is 0.610. The Hall–Kier alpha value is -1.56.